The van der Waals surface area contributed by atoms with Crippen molar-refractivity contribution in [3.05, 3.63) is 53.1 Å². The molecule has 0 bridgehead atoms. The fourth-order valence-electron chi connectivity index (χ4n) is 8.81. The molecule has 3 heterocycles. The molecule has 4 fully saturated rings. The highest BCUT2D eigenvalue weighted by Crippen LogP contribution is 2.66. The third-order valence-electron chi connectivity index (χ3n) is 11.4. The lowest BCUT2D eigenvalue weighted by molar-refractivity contribution is -0.145. The van der Waals surface area contributed by atoms with E-state index >= 15 is 0 Å². The van der Waals surface area contributed by atoms with Crippen LogP contribution in [0.1, 0.15) is 84.7 Å². The monoisotopic (exact) mass is 674 g/mol. The summed E-state index contributed by atoms with van der Waals surface area (Å²) >= 11 is 0. The van der Waals surface area contributed by atoms with Crippen LogP contribution in [-0.2, 0) is 26.1 Å². The van der Waals surface area contributed by atoms with E-state index in [2.05, 4.69) is 26.3 Å². The first kappa shape index (κ1) is 31.8. The van der Waals surface area contributed by atoms with Crippen molar-refractivity contribution in [2.75, 3.05) is 47.4 Å². The molecule has 0 spiro atoms. The van der Waals surface area contributed by atoms with Crippen LogP contribution in [0.5, 0.6) is 5.75 Å². The molecule has 2 amide bonds. The van der Waals surface area contributed by atoms with Gasteiger partial charge in [-0.15, -0.1) is 0 Å². The Balaban J connectivity index is 1.28. The summed E-state index contributed by atoms with van der Waals surface area (Å²) in [5.41, 5.74) is 5.24. The smallest absolute Gasteiger partial charge is 0.264 e. The average Bonchev–Trinajstić information content (AvgIpc) is 4.01. The fraction of sp³-hybridized carbons (Fsp3) is 0.568. The molecule has 256 valence electrons. The fourth-order valence-corrected chi connectivity index (χ4v) is 10.1. The molecule has 8 rings (SSSR count). The van der Waals surface area contributed by atoms with Gasteiger partial charge in [-0.1, -0.05) is 25.3 Å². The van der Waals surface area contributed by atoms with E-state index in [-0.39, 0.29) is 17.9 Å². The zero-order valence-corrected chi connectivity index (χ0v) is 29.0. The number of carbonyl (C=O) groups is 2. The Morgan fingerprint density at radius 3 is 2.58 bits per heavy atom. The number of nitrogens with zero attached hydrogens (tertiary/aromatic N) is 3. The summed E-state index contributed by atoms with van der Waals surface area (Å²) in [6.45, 7) is 2.88. The van der Waals surface area contributed by atoms with Crippen molar-refractivity contribution >= 4 is 32.7 Å². The molecule has 3 saturated carbocycles. The van der Waals surface area contributed by atoms with Gasteiger partial charge in [-0.2, -0.15) is 0 Å². The largest absolute Gasteiger partial charge is 0.497 e. The average molecular weight is 675 g/mol. The van der Waals surface area contributed by atoms with Crippen LogP contribution in [0, 0.1) is 5.41 Å². The Kier molecular flexibility index (Phi) is 7.88. The first-order valence-electron chi connectivity index (χ1n) is 17.6. The summed E-state index contributed by atoms with van der Waals surface area (Å²) in [5.74, 6) is 0.724. The summed E-state index contributed by atoms with van der Waals surface area (Å²) in [6, 6.07) is 11.9. The van der Waals surface area contributed by atoms with Gasteiger partial charge in [0, 0.05) is 54.1 Å². The number of sulfonamides is 1. The van der Waals surface area contributed by atoms with Crippen LogP contribution >= 0.6 is 0 Å². The molecule has 2 aliphatic heterocycles. The molecule has 3 unspecified atom stereocenters. The van der Waals surface area contributed by atoms with Crippen LogP contribution in [0.15, 0.2) is 36.4 Å². The number of morpholine rings is 1. The molecule has 3 atom stereocenters. The lowest BCUT2D eigenvalue weighted by Gasteiger charge is -2.36. The van der Waals surface area contributed by atoms with Gasteiger partial charge in [0.2, 0.25) is 15.9 Å². The number of ether oxygens (including phenoxy) is 2. The second kappa shape index (κ2) is 11.9. The van der Waals surface area contributed by atoms with Crippen LogP contribution in [0.3, 0.4) is 0 Å². The third-order valence-corrected chi connectivity index (χ3v) is 13.2. The Bertz CT molecular complexity index is 1890. The van der Waals surface area contributed by atoms with E-state index in [4.69, 9.17) is 9.47 Å². The maximum atomic E-state index is 14.8. The van der Waals surface area contributed by atoms with Crippen LogP contribution in [0.2, 0.25) is 0 Å². The van der Waals surface area contributed by atoms with Crippen LogP contribution in [-0.4, -0.2) is 93.4 Å². The highest BCUT2D eigenvalue weighted by molar-refractivity contribution is 7.91. The van der Waals surface area contributed by atoms with Crippen molar-refractivity contribution in [1.82, 2.24) is 19.1 Å². The van der Waals surface area contributed by atoms with Crippen molar-refractivity contribution in [2.24, 2.45) is 5.41 Å². The zero-order chi connectivity index (χ0) is 33.4. The van der Waals surface area contributed by atoms with E-state index in [1.165, 1.54) is 24.8 Å². The molecule has 1 saturated heterocycles. The molecule has 5 aliphatic rings. The van der Waals surface area contributed by atoms with Crippen LogP contribution < -0.4 is 9.46 Å². The second-order valence-corrected chi connectivity index (χ2v) is 16.9. The van der Waals surface area contributed by atoms with Gasteiger partial charge in [-0.3, -0.25) is 9.59 Å². The maximum Gasteiger partial charge on any atom is 0.264 e. The Hall–Kier alpha value is -3.41. The quantitative estimate of drug-likeness (QED) is 0.364. The number of benzene rings is 2. The third kappa shape index (κ3) is 5.42. The number of hydrogen-bond donors (Lipinski definition) is 1. The topological polar surface area (TPSA) is 110 Å². The van der Waals surface area contributed by atoms with Crippen molar-refractivity contribution in [1.29, 1.82) is 0 Å². The Labute approximate surface area is 282 Å². The molecule has 1 aromatic heterocycles. The summed E-state index contributed by atoms with van der Waals surface area (Å²) < 4.78 is 41.8. The number of hydrogen-bond acceptors (Lipinski definition) is 7. The zero-order valence-electron chi connectivity index (χ0n) is 28.2. The highest BCUT2D eigenvalue weighted by Gasteiger charge is 2.64. The number of carbonyl (C=O) groups excluding carboxylic acids is 2. The number of rotatable bonds is 8. The number of amides is 2. The summed E-state index contributed by atoms with van der Waals surface area (Å²) in [7, 11) is 2.03. The van der Waals surface area contributed by atoms with Crippen molar-refractivity contribution < 1.29 is 27.5 Å². The van der Waals surface area contributed by atoms with Crippen molar-refractivity contribution in [3.8, 4) is 17.0 Å². The van der Waals surface area contributed by atoms with Gasteiger partial charge in [0.25, 0.3) is 5.91 Å². The molecule has 10 nitrogen and oxygen atoms in total. The van der Waals surface area contributed by atoms with E-state index in [1.807, 2.05) is 37.2 Å². The van der Waals surface area contributed by atoms with E-state index in [9.17, 15) is 18.0 Å². The molecule has 1 N–H and O–H groups in total. The second-order valence-electron chi connectivity index (χ2n) is 15.0. The minimum absolute atomic E-state index is 0.0366. The van der Waals surface area contributed by atoms with E-state index in [1.54, 1.807) is 13.2 Å². The Morgan fingerprint density at radius 2 is 1.85 bits per heavy atom. The molecular formula is C37H46N4O6S. The van der Waals surface area contributed by atoms with Gasteiger partial charge in [0.15, 0.2) is 0 Å². The highest BCUT2D eigenvalue weighted by atomic mass is 32.2. The van der Waals surface area contributed by atoms with Gasteiger partial charge in [0.1, 0.15) is 5.75 Å². The van der Waals surface area contributed by atoms with E-state index < -0.39 is 26.6 Å². The van der Waals surface area contributed by atoms with Gasteiger partial charge in [0.05, 0.1) is 36.2 Å². The summed E-state index contributed by atoms with van der Waals surface area (Å²) in [6.07, 6.45) is 7.61. The van der Waals surface area contributed by atoms with Crippen LogP contribution in [0.25, 0.3) is 22.2 Å². The SMILES string of the molecule is COc1ccc2c(c1)C1CC1(C(=O)N1CCOC(CN(C)C)C1)Cn1c-2c(C2CCCCC2)c2ccc(C(=O)NS(=O)(=O)C3CC3)cc21. The number of fused-ring (bicyclic) bond motifs is 7. The summed E-state index contributed by atoms with van der Waals surface area (Å²) in [5, 5.41) is 0.593. The number of methoxy groups -OCH3 is 1. The maximum absolute atomic E-state index is 14.8. The van der Waals surface area contributed by atoms with Gasteiger partial charge >= 0.3 is 0 Å². The molecule has 48 heavy (non-hydrogen) atoms. The summed E-state index contributed by atoms with van der Waals surface area (Å²) in [4.78, 5) is 32.3. The predicted molar refractivity (Wildman–Crippen MR) is 184 cm³/mol. The molecule has 0 radical (unpaired) electrons. The van der Waals surface area contributed by atoms with E-state index in [0.29, 0.717) is 50.6 Å². The van der Waals surface area contributed by atoms with Crippen molar-refractivity contribution in [3.63, 3.8) is 0 Å². The number of nitrogens with one attached hydrogen (secondary N) is 1. The molecule has 3 aliphatic carbocycles. The van der Waals surface area contributed by atoms with E-state index in [0.717, 1.165) is 59.3 Å². The normalized spacial score (nSPS) is 25.6. The van der Waals surface area contributed by atoms with Crippen molar-refractivity contribution in [2.45, 2.75) is 81.1 Å². The molecule has 11 heteroatoms. The standard InChI is InChI=1S/C37H46N4O6S/c1-39(2)20-26-21-40(15-16-47-26)36(43)37-19-31(37)30-18-25(46-3)10-14-28(30)34-33(23-7-5-4-6-8-23)29-13-9-24(17-32(29)41(34)22-37)35(42)38-48(44,45)27-11-12-27/h9-10,13-14,17-18,23,26-27,31H,4-8,11-12,15-16,19-22H2,1-3H3,(H,38,42). The lowest BCUT2D eigenvalue weighted by Crippen LogP contribution is -2.51. The molecular weight excluding hydrogens is 628 g/mol. The van der Waals surface area contributed by atoms with Gasteiger partial charge in [-0.25, -0.2) is 13.1 Å². The van der Waals surface area contributed by atoms with Gasteiger partial charge < -0.3 is 23.8 Å². The molecule has 2 aromatic carbocycles. The number of aromatic nitrogens is 1. The number of likely N-dealkylation sites (N-methyl/N-ethyl adjacent to an activating group) is 1. The predicted octanol–water partition coefficient (Wildman–Crippen LogP) is 4.86. The van der Waals surface area contributed by atoms with Crippen LogP contribution in [0.4, 0.5) is 0 Å². The lowest BCUT2D eigenvalue weighted by atomic mass is 9.81. The minimum atomic E-state index is -3.70. The first-order valence-corrected chi connectivity index (χ1v) is 19.1. The van der Waals surface area contributed by atoms with Gasteiger partial charge in [-0.05, 0) is 93.6 Å². The minimum Gasteiger partial charge on any atom is -0.497 e. The Morgan fingerprint density at radius 1 is 1.06 bits per heavy atom. The first-order chi connectivity index (χ1) is 23.1. The molecule has 3 aromatic rings.